The molecule has 1 aromatic carbocycles. The van der Waals surface area contributed by atoms with Gasteiger partial charge in [0.2, 0.25) is 5.91 Å². The molecule has 0 unspecified atom stereocenters. The fourth-order valence-electron chi connectivity index (χ4n) is 2.52. The quantitative estimate of drug-likeness (QED) is 0.767. The van der Waals surface area contributed by atoms with E-state index < -0.39 is 0 Å². The summed E-state index contributed by atoms with van der Waals surface area (Å²) in [5.41, 5.74) is 2.28. The summed E-state index contributed by atoms with van der Waals surface area (Å²) in [6, 6.07) is 12.0. The van der Waals surface area contributed by atoms with Gasteiger partial charge in [-0.2, -0.15) is 0 Å². The van der Waals surface area contributed by atoms with Crippen molar-refractivity contribution in [1.29, 1.82) is 0 Å². The molecule has 0 aliphatic heterocycles. The van der Waals surface area contributed by atoms with Crippen LogP contribution in [0.3, 0.4) is 0 Å². The van der Waals surface area contributed by atoms with Gasteiger partial charge in [-0.25, -0.2) is 4.98 Å². The molecule has 0 saturated carbocycles. The summed E-state index contributed by atoms with van der Waals surface area (Å²) in [6.45, 7) is 3.42. The van der Waals surface area contributed by atoms with Crippen LogP contribution in [0.5, 0.6) is 0 Å². The summed E-state index contributed by atoms with van der Waals surface area (Å²) in [5.74, 6) is 0.115. The minimum absolute atomic E-state index is 0.133. The Morgan fingerprint density at radius 3 is 2.65 bits per heavy atom. The number of anilines is 1. The van der Waals surface area contributed by atoms with Crippen LogP contribution in [0.15, 0.2) is 53.5 Å². The van der Waals surface area contributed by atoms with E-state index in [2.05, 4.69) is 15.3 Å². The first kappa shape index (κ1) is 17.8. The van der Waals surface area contributed by atoms with Crippen LogP contribution in [0.25, 0.3) is 11.4 Å². The minimum Gasteiger partial charge on any atom is -0.324 e. The summed E-state index contributed by atoms with van der Waals surface area (Å²) in [7, 11) is 0. The van der Waals surface area contributed by atoms with Crippen molar-refractivity contribution < 1.29 is 4.79 Å². The molecule has 26 heavy (non-hydrogen) atoms. The Balaban J connectivity index is 1.83. The predicted molar refractivity (Wildman–Crippen MR) is 101 cm³/mol. The first-order valence-electron chi connectivity index (χ1n) is 8.00. The summed E-state index contributed by atoms with van der Waals surface area (Å²) in [4.78, 5) is 33.4. The van der Waals surface area contributed by atoms with Crippen molar-refractivity contribution in [3.63, 3.8) is 0 Å². The molecule has 3 aromatic rings. The van der Waals surface area contributed by atoms with Crippen molar-refractivity contribution in [2.24, 2.45) is 0 Å². The van der Waals surface area contributed by atoms with E-state index in [4.69, 9.17) is 11.6 Å². The van der Waals surface area contributed by atoms with Crippen LogP contribution in [0, 0.1) is 13.8 Å². The zero-order valence-electron chi connectivity index (χ0n) is 14.4. The average molecular weight is 369 g/mol. The number of carbonyl (C=O) groups is 1. The first-order chi connectivity index (χ1) is 12.4. The zero-order chi connectivity index (χ0) is 18.7. The lowest BCUT2D eigenvalue weighted by atomic mass is 10.2. The third kappa shape index (κ3) is 3.97. The lowest BCUT2D eigenvalue weighted by Gasteiger charge is -2.12. The molecule has 0 radical (unpaired) electrons. The highest BCUT2D eigenvalue weighted by Gasteiger charge is 2.12. The summed E-state index contributed by atoms with van der Waals surface area (Å²) in [5, 5.41) is 3.31. The second-order valence-corrected chi connectivity index (χ2v) is 6.27. The van der Waals surface area contributed by atoms with E-state index in [1.807, 2.05) is 19.1 Å². The highest BCUT2D eigenvalue weighted by atomic mass is 35.5. The molecule has 2 heterocycles. The van der Waals surface area contributed by atoms with Crippen LogP contribution in [0.4, 0.5) is 5.69 Å². The standard InChI is InChI=1S/C19H17ClN4O2/c1-12-6-7-14(20)9-16(12)23-18(25)11-24-13(2)22-17(10-19(24)26)15-5-3-4-8-21-15/h3-10H,11H2,1-2H3,(H,23,25). The van der Waals surface area contributed by atoms with Crippen LogP contribution in [0.2, 0.25) is 5.02 Å². The third-order valence-electron chi connectivity index (χ3n) is 3.90. The highest BCUT2D eigenvalue weighted by Crippen LogP contribution is 2.20. The van der Waals surface area contributed by atoms with Gasteiger partial charge in [0.25, 0.3) is 5.56 Å². The monoisotopic (exact) mass is 368 g/mol. The Bertz CT molecular complexity index is 1020. The van der Waals surface area contributed by atoms with Gasteiger partial charge in [0.15, 0.2) is 0 Å². The molecule has 0 saturated heterocycles. The van der Waals surface area contributed by atoms with Crippen molar-refractivity contribution in [2.45, 2.75) is 20.4 Å². The topological polar surface area (TPSA) is 76.9 Å². The molecule has 2 aromatic heterocycles. The van der Waals surface area contributed by atoms with Gasteiger partial charge >= 0.3 is 0 Å². The van der Waals surface area contributed by atoms with Crippen molar-refractivity contribution in [1.82, 2.24) is 14.5 Å². The van der Waals surface area contributed by atoms with Gasteiger partial charge in [-0.15, -0.1) is 0 Å². The van der Waals surface area contributed by atoms with Crippen molar-refractivity contribution in [3.8, 4) is 11.4 Å². The van der Waals surface area contributed by atoms with Crippen molar-refractivity contribution in [2.75, 3.05) is 5.32 Å². The number of benzene rings is 1. The number of rotatable bonds is 4. The number of pyridine rings is 1. The van der Waals surface area contributed by atoms with Gasteiger partial charge in [0, 0.05) is 23.0 Å². The molecule has 0 fully saturated rings. The Kier molecular flexibility index (Phi) is 5.14. The van der Waals surface area contributed by atoms with Crippen LogP contribution in [-0.4, -0.2) is 20.4 Å². The number of nitrogens with one attached hydrogen (secondary N) is 1. The maximum atomic E-state index is 12.4. The molecule has 0 bridgehead atoms. The van der Waals surface area contributed by atoms with Crippen LogP contribution >= 0.6 is 11.6 Å². The molecule has 132 valence electrons. The maximum absolute atomic E-state index is 12.4. The number of hydrogen-bond acceptors (Lipinski definition) is 4. The first-order valence-corrected chi connectivity index (χ1v) is 8.38. The van der Waals surface area contributed by atoms with Gasteiger partial charge in [-0.1, -0.05) is 23.7 Å². The lowest BCUT2D eigenvalue weighted by Crippen LogP contribution is -2.30. The number of nitrogens with zero attached hydrogens (tertiary/aromatic N) is 3. The van der Waals surface area contributed by atoms with E-state index >= 15 is 0 Å². The molecular formula is C19H17ClN4O2. The molecule has 1 N–H and O–H groups in total. The summed E-state index contributed by atoms with van der Waals surface area (Å²) in [6.07, 6.45) is 1.64. The van der Waals surface area contributed by atoms with Gasteiger partial charge in [-0.3, -0.25) is 19.1 Å². The van der Waals surface area contributed by atoms with E-state index in [1.165, 1.54) is 10.6 Å². The molecular weight excluding hydrogens is 352 g/mol. The predicted octanol–water partition coefficient (Wildman–Crippen LogP) is 3.21. The van der Waals surface area contributed by atoms with Crippen molar-refractivity contribution in [3.05, 3.63) is 75.4 Å². The number of aryl methyl sites for hydroxylation is 2. The fourth-order valence-corrected chi connectivity index (χ4v) is 2.69. The fraction of sp³-hybridized carbons (Fsp3) is 0.158. The van der Waals surface area contributed by atoms with E-state index in [0.29, 0.717) is 27.9 Å². The van der Waals surface area contributed by atoms with Crippen LogP contribution in [0.1, 0.15) is 11.4 Å². The van der Waals surface area contributed by atoms with Crippen LogP contribution in [-0.2, 0) is 11.3 Å². The Morgan fingerprint density at radius 2 is 1.96 bits per heavy atom. The highest BCUT2D eigenvalue weighted by molar-refractivity contribution is 6.31. The van der Waals surface area contributed by atoms with E-state index in [0.717, 1.165) is 5.56 Å². The van der Waals surface area contributed by atoms with E-state index in [1.54, 1.807) is 37.4 Å². The Morgan fingerprint density at radius 1 is 1.15 bits per heavy atom. The zero-order valence-corrected chi connectivity index (χ0v) is 15.1. The third-order valence-corrected chi connectivity index (χ3v) is 4.14. The molecule has 0 aliphatic carbocycles. The van der Waals surface area contributed by atoms with Crippen molar-refractivity contribution >= 4 is 23.2 Å². The SMILES string of the molecule is Cc1ccc(Cl)cc1NC(=O)Cn1c(C)nc(-c2ccccn2)cc1=O. The molecule has 0 aliphatic rings. The van der Waals surface area contributed by atoms with Gasteiger partial charge < -0.3 is 5.32 Å². The number of aromatic nitrogens is 3. The summed E-state index contributed by atoms with van der Waals surface area (Å²) >= 11 is 5.96. The smallest absolute Gasteiger partial charge is 0.254 e. The van der Waals surface area contributed by atoms with E-state index in [9.17, 15) is 9.59 Å². The number of carbonyl (C=O) groups excluding carboxylic acids is 1. The number of hydrogen-bond donors (Lipinski definition) is 1. The van der Waals surface area contributed by atoms with Gasteiger partial charge in [0.05, 0.1) is 11.4 Å². The Hall–Kier alpha value is -2.99. The number of amides is 1. The molecule has 6 nitrogen and oxygen atoms in total. The number of halogens is 1. The second kappa shape index (κ2) is 7.49. The summed E-state index contributed by atoms with van der Waals surface area (Å²) < 4.78 is 1.32. The normalized spacial score (nSPS) is 10.6. The van der Waals surface area contributed by atoms with Gasteiger partial charge in [0.1, 0.15) is 12.4 Å². The second-order valence-electron chi connectivity index (χ2n) is 5.84. The lowest BCUT2D eigenvalue weighted by molar-refractivity contribution is -0.116. The van der Waals surface area contributed by atoms with Gasteiger partial charge in [-0.05, 0) is 43.7 Å². The van der Waals surface area contributed by atoms with Crippen LogP contribution < -0.4 is 10.9 Å². The average Bonchev–Trinajstić information content (AvgIpc) is 2.62. The molecule has 0 atom stereocenters. The molecule has 7 heteroatoms. The maximum Gasteiger partial charge on any atom is 0.254 e. The Labute approximate surface area is 155 Å². The molecule has 0 spiro atoms. The molecule has 1 amide bonds. The minimum atomic E-state index is -0.326. The molecule has 3 rings (SSSR count). The van der Waals surface area contributed by atoms with E-state index in [-0.39, 0.29) is 18.0 Å². The largest absolute Gasteiger partial charge is 0.324 e.